The van der Waals surface area contributed by atoms with E-state index in [0.29, 0.717) is 55.1 Å². The van der Waals surface area contributed by atoms with E-state index < -0.39 is 5.97 Å². The first-order valence-corrected chi connectivity index (χ1v) is 21.5. The van der Waals surface area contributed by atoms with Crippen molar-refractivity contribution in [3.63, 3.8) is 0 Å². The fourth-order valence-corrected chi connectivity index (χ4v) is 7.04. The molecule has 322 valence electrons. The third-order valence-corrected chi connectivity index (χ3v) is 10.9. The number of methoxy groups -OCH3 is 1. The van der Waals surface area contributed by atoms with Crippen molar-refractivity contribution in [1.29, 1.82) is 0 Å². The number of carbonyl (C=O) groups excluding carboxylic acids is 2. The Morgan fingerprint density at radius 1 is 0.770 bits per heavy atom. The number of hydrazone groups is 1. The summed E-state index contributed by atoms with van der Waals surface area (Å²) in [6.45, 7) is 19.7. The number of ether oxygens (including phenoxy) is 5. The van der Waals surface area contributed by atoms with Crippen LogP contribution in [0, 0.1) is 18.8 Å². The van der Waals surface area contributed by atoms with E-state index in [9.17, 15) is 9.59 Å². The van der Waals surface area contributed by atoms with E-state index in [4.69, 9.17) is 23.7 Å². The Labute approximate surface area is 366 Å². The van der Waals surface area contributed by atoms with E-state index in [2.05, 4.69) is 68.0 Å². The van der Waals surface area contributed by atoms with Crippen LogP contribution in [0.2, 0.25) is 0 Å². The molecule has 1 N–H and O–H groups in total. The summed E-state index contributed by atoms with van der Waals surface area (Å²) in [5.41, 5.74) is 8.58. The largest absolute Gasteiger partial charge is 0.494 e. The van der Waals surface area contributed by atoms with Crippen molar-refractivity contribution in [2.24, 2.45) is 16.9 Å². The minimum atomic E-state index is -0.424. The molecule has 0 aliphatic carbocycles. The van der Waals surface area contributed by atoms with Crippen molar-refractivity contribution < 1.29 is 33.3 Å². The van der Waals surface area contributed by atoms with E-state index in [1.807, 2.05) is 54.6 Å². The van der Waals surface area contributed by atoms with Gasteiger partial charge in [-0.1, -0.05) is 79.5 Å². The highest BCUT2D eigenvalue weighted by Gasteiger charge is 2.12. The summed E-state index contributed by atoms with van der Waals surface area (Å²) in [7, 11) is 1.71. The molecule has 10 heteroatoms. The highest BCUT2D eigenvalue weighted by atomic mass is 32.2. The van der Waals surface area contributed by atoms with Gasteiger partial charge in [-0.2, -0.15) is 5.10 Å². The SMILES string of the molecule is C=CC(=O)OCC(C=C)CCCCOc1ccc(-c2ccc(CCOC(=O)c3ccc(OCCCCC(C=C)COC)cc3)cc2/C=N/NC(=C)Sc2ccccc2C)cc1. The molecule has 0 bridgehead atoms. The number of hydrogen-bond donors (Lipinski definition) is 1. The summed E-state index contributed by atoms with van der Waals surface area (Å²) in [4.78, 5) is 25.4. The minimum absolute atomic E-state index is 0.0930. The maximum Gasteiger partial charge on any atom is 0.338 e. The molecular formula is C51H60N2O7S. The molecule has 0 saturated heterocycles. The summed E-state index contributed by atoms with van der Waals surface area (Å²) in [5.74, 6) is 1.13. The summed E-state index contributed by atoms with van der Waals surface area (Å²) in [5, 5.41) is 5.25. The minimum Gasteiger partial charge on any atom is -0.494 e. The molecule has 0 spiro atoms. The Morgan fingerprint density at radius 2 is 1.41 bits per heavy atom. The van der Waals surface area contributed by atoms with Crippen molar-refractivity contribution in [2.45, 2.75) is 56.8 Å². The van der Waals surface area contributed by atoms with Gasteiger partial charge in [0.1, 0.15) is 11.5 Å². The van der Waals surface area contributed by atoms with Crippen molar-refractivity contribution in [3.8, 4) is 22.6 Å². The number of aryl methyl sites for hydroxylation is 1. The number of nitrogens with one attached hydrogen (secondary N) is 1. The number of thioether (sulfide) groups is 1. The molecule has 0 aromatic heterocycles. The zero-order chi connectivity index (χ0) is 43.7. The summed E-state index contributed by atoms with van der Waals surface area (Å²) in [6, 6.07) is 29.4. The second kappa shape index (κ2) is 27.1. The second-order valence-electron chi connectivity index (χ2n) is 14.5. The van der Waals surface area contributed by atoms with Crippen LogP contribution < -0.4 is 14.9 Å². The molecular weight excluding hydrogens is 785 g/mol. The lowest BCUT2D eigenvalue weighted by atomic mass is 9.97. The van der Waals surface area contributed by atoms with Crippen molar-refractivity contribution in [3.05, 3.63) is 163 Å². The van der Waals surface area contributed by atoms with Crippen LogP contribution in [0.15, 0.2) is 151 Å². The Kier molecular flexibility index (Phi) is 21.2. The molecule has 0 aliphatic heterocycles. The van der Waals surface area contributed by atoms with Gasteiger partial charge >= 0.3 is 11.9 Å². The average Bonchev–Trinajstić information content (AvgIpc) is 3.28. The van der Waals surface area contributed by atoms with Gasteiger partial charge in [0.05, 0.1) is 49.8 Å². The predicted octanol–water partition coefficient (Wildman–Crippen LogP) is 11.3. The van der Waals surface area contributed by atoms with Gasteiger partial charge < -0.3 is 23.7 Å². The molecule has 0 aliphatic rings. The van der Waals surface area contributed by atoms with E-state index in [1.54, 1.807) is 37.6 Å². The number of rotatable bonds is 29. The van der Waals surface area contributed by atoms with Crippen LogP contribution in [0.1, 0.15) is 65.6 Å². The molecule has 0 radical (unpaired) electrons. The van der Waals surface area contributed by atoms with Gasteiger partial charge in [-0.25, -0.2) is 9.59 Å². The van der Waals surface area contributed by atoms with Gasteiger partial charge in [0, 0.05) is 36.0 Å². The summed E-state index contributed by atoms with van der Waals surface area (Å²) >= 11 is 1.53. The van der Waals surface area contributed by atoms with Crippen molar-refractivity contribution in [2.75, 3.05) is 40.1 Å². The molecule has 0 amide bonds. The first-order valence-electron chi connectivity index (χ1n) is 20.7. The number of unbranched alkanes of at least 4 members (excludes halogenated alkanes) is 2. The normalized spacial score (nSPS) is 11.9. The standard InChI is InChI=1S/C51H60N2O7S/c1-7-40(36-56-6)17-12-14-31-58-47-27-23-44(24-28-47)51(55)59-33-30-42-20-29-48(45(34-42)35-52-53-39(5)61-49-19-11-10-16-38(49)4)43-21-25-46(26-22-43)57-32-15-13-18-41(8-2)37-60-50(54)9-3/h7-11,16,19-29,34-35,40-41,53H,1-3,5,12-15,17-18,30-33,36-37H2,4,6H3/b52-35+. The molecule has 4 aromatic rings. The fourth-order valence-electron chi connectivity index (χ4n) is 6.30. The van der Waals surface area contributed by atoms with Gasteiger partial charge in [0.25, 0.3) is 0 Å². The maximum absolute atomic E-state index is 12.9. The smallest absolute Gasteiger partial charge is 0.338 e. The molecule has 61 heavy (non-hydrogen) atoms. The average molecular weight is 845 g/mol. The quantitative estimate of drug-likeness (QED) is 0.0109. The monoisotopic (exact) mass is 844 g/mol. The number of hydrogen-bond acceptors (Lipinski definition) is 10. The van der Waals surface area contributed by atoms with Gasteiger partial charge in [0.2, 0.25) is 0 Å². The molecule has 4 rings (SSSR count). The number of carbonyl (C=O) groups is 2. The lowest BCUT2D eigenvalue weighted by Gasteiger charge is -2.13. The number of esters is 2. The number of benzene rings is 4. The van der Waals surface area contributed by atoms with Gasteiger partial charge in [-0.05, 0) is 122 Å². The van der Waals surface area contributed by atoms with Crippen LogP contribution in [-0.2, 0) is 25.4 Å². The zero-order valence-electron chi connectivity index (χ0n) is 35.7. The van der Waals surface area contributed by atoms with E-state index in [0.717, 1.165) is 77.0 Å². The highest BCUT2D eigenvalue weighted by Crippen LogP contribution is 2.28. The Hall–Kier alpha value is -5.84. The topological polar surface area (TPSA) is 105 Å². The van der Waals surface area contributed by atoms with E-state index in [1.165, 1.54) is 17.8 Å². The van der Waals surface area contributed by atoms with Gasteiger partial charge in [0.15, 0.2) is 0 Å². The molecule has 0 saturated carbocycles. The van der Waals surface area contributed by atoms with E-state index in [-0.39, 0.29) is 18.5 Å². The molecule has 0 fully saturated rings. The number of nitrogens with zero attached hydrogens (tertiary/aromatic N) is 1. The van der Waals surface area contributed by atoms with Crippen LogP contribution in [0.3, 0.4) is 0 Å². The molecule has 2 unspecified atom stereocenters. The molecule has 9 nitrogen and oxygen atoms in total. The highest BCUT2D eigenvalue weighted by molar-refractivity contribution is 8.03. The van der Waals surface area contributed by atoms with Gasteiger partial charge in [-0.15, -0.1) is 13.2 Å². The lowest BCUT2D eigenvalue weighted by Crippen LogP contribution is -2.11. The molecule has 0 heterocycles. The van der Waals surface area contributed by atoms with Crippen LogP contribution in [0.25, 0.3) is 11.1 Å². The zero-order valence-corrected chi connectivity index (χ0v) is 36.5. The predicted molar refractivity (Wildman–Crippen MR) is 248 cm³/mol. The van der Waals surface area contributed by atoms with Crippen molar-refractivity contribution >= 4 is 29.9 Å². The van der Waals surface area contributed by atoms with Crippen LogP contribution >= 0.6 is 11.8 Å². The summed E-state index contributed by atoms with van der Waals surface area (Å²) in [6.07, 6.45) is 12.8. The third-order valence-electron chi connectivity index (χ3n) is 9.84. The molecule has 4 aromatic carbocycles. The second-order valence-corrected chi connectivity index (χ2v) is 15.6. The first-order chi connectivity index (χ1) is 29.7. The van der Waals surface area contributed by atoms with Crippen LogP contribution in [0.4, 0.5) is 0 Å². The summed E-state index contributed by atoms with van der Waals surface area (Å²) < 4.78 is 28.0. The van der Waals surface area contributed by atoms with Crippen LogP contribution in [0.5, 0.6) is 11.5 Å². The van der Waals surface area contributed by atoms with Crippen LogP contribution in [-0.4, -0.2) is 58.3 Å². The Bertz CT molecular complexity index is 2040. The molecule has 2 atom stereocenters. The lowest BCUT2D eigenvalue weighted by molar-refractivity contribution is -0.138. The maximum atomic E-state index is 12.9. The Morgan fingerprint density at radius 3 is 2.03 bits per heavy atom. The first kappa shape index (κ1) is 47.8. The van der Waals surface area contributed by atoms with E-state index >= 15 is 0 Å². The Balaban J connectivity index is 1.33. The fraction of sp³-hybridized carbons (Fsp3) is 0.314. The third kappa shape index (κ3) is 17.3. The van der Waals surface area contributed by atoms with Gasteiger partial charge in [-0.3, -0.25) is 5.43 Å². The van der Waals surface area contributed by atoms with Crippen molar-refractivity contribution in [1.82, 2.24) is 5.43 Å².